The Morgan fingerprint density at radius 2 is 2.04 bits per heavy atom. The van der Waals surface area contributed by atoms with Gasteiger partial charge < -0.3 is 14.6 Å². The lowest BCUT2D eigenvalue weighted by molar-refractivity contribution is -0.161. The number of aliphatic hydroxyl groups is 1. The molecule has 1 saturated heterocycles. The van der Waals surface area contributed by atoms with Crippen molar-refractivity contribution in [3.63, 3.8) is 0 Å². The molecule has 2 atom stereocenters. The fourth-order valence-corrected chi connectivity index (χ4v) is 4.94. The molecule has 150 valence electrons. The molecule has 28 heavy (non-hydrogen) atoms. The summed E-state index contributed by atoms with van der Waals surface area (Å²) in [5.41, 5.74) is -0.354. The molecule has 1 fully saturated rings. The van der Waals surface area contributed by atoms with Crippen LogP contribution < -0.4 is 10.2 Å². The molecule has 1 aromatic carbocycles. The molecule has 0 spiro atoms. The average Bonchev–Trinajstić information content (AvgIpc) is 2.73. The molecular weight excluding hydrogens is 388 g/mol. The number of hydrogen-bond acceptors (Lipinski definition) is 8. The minimum absolute atomic E-state index is 0.0657. The zero-order valence-electron chi connectivity index (χ0n) is 14.8. The Bertz CT molecular complexity index is 919. The molecular formula is C18H20N2O7S. The van der Waals surface area contributed by atoms with Crippen LogP contribution in [-0.2, 0) is 26.0 Å². The van der Waals surface area contributed by atoms with E-state index in [2.05, 4.69) is 4.98 Å². The Kier molecular flexibility index (Phi) is 5.94. The van der Waals surface area contributed by atoms with Crippen molar-refractivity contribution in [2.75, 3.05) is 13.2 Å². The highest BCUT2D eigenvalue weighted by Gasteiger charge is 2.53. The molecule has 1 aliphatic rings. The Balaban J connectivity index is 1.78. The number of hydroxylamine groups is 1. The van der Waals surface area contributed by atoms with Gasteiger partial charge in [0.1, 0.15) is 17.6 Å². The van der Waals surface area contributed by atoms with Gasteiger partial charge in [-0.3, -0.25) is 15.0 Å². The number of amides is 1. The van der Waals surface area contributed by atoms with Crippen LogP contribution in [0.5, 0.6) is 5.75 Å². The standard InChI is InChI=1S/C18H20N2O7S/c21-17(20-23)18(22)12-26-10-8-16(18)28(24,25)15-6-4-14(5-7-15)27-11-13-3-1-2-9-19-13/h1-7,9,16,22-23H,8,10-12H2,(H,20,21). The number of sulfone groups is 1. The third kappa shape index (κ3) is 3.99. The SMILES string of the molecule is O=C(NO)C1(O)COCCC1S(=O)(=O)c1ccc(OCc2ccccn2)cc1. The van der Waals surface area contributed by atoms with Gasteiger partial charge in [-0.25, -0.2) is 13.9 Å². The number of nitrogens with one attached hydrogen (secondary N) is 1. The van der Waals surface area contributed by atoms with Crippen molar-refractivity contribution in [1.29, 1.82) is 0 Å². The summed E-state index contributed by atoms with van der Waals surface area (Å²) in [4.78, 5) is 15.9. The minimum Gasteiger partial charge on any atom is -0.487 e. The highest BCUT2D eigenvalue weighted by Crippen LogP contribution is 2.31. The first-order chi connectivity index (χ1) is 13.4. The van der Waals surface area contributed by atoms with E-state index in [4.69, 9.17) is 14.7 Å². The summed E-state index contributed by atoms with van der Waals surface area (Å²) in [5.74, 6) is -0.781. The first kappa shape index (κ1) is 20.2. The van der Waals surface area contributed by atoms with Crippen molar-refractivity contribution in [3.8, 4) is 5.75 Å². The number of rotatable bonds is 6. The Hall–Kier alpha value is -2.53. The summed E-state index contributed by atoms with van der Waals surface area (Å²) in [6.07, 6.45) is 1.55. The van der Waals surface area contributed by atoms with E-state index in [-0.39, 0.29) is 24.5 Å². The van der Waals surface area contributed by atoms with E-state index in [0.29, 0.717) is 5.75 Å². The highest BCUT2D eigenvalue weighted by molar-refractivity contribution is 7.92. The number of ether oxygens (including phenoxy) is 2. The van der Waals surface area contributed by atoms with Crippen molar-refractivity contribution < 1.29 is 33.0 Å². The van der Waals surface area contributed by atoms with Crippen LogP contribution in [0.1, 0.15) is 12.1 Å². The summed E-state index contributed by atoms with van der Waals surface area (Å²) in [5, 5.41) is 18.0. The number of carbonyl (C=O) groups excluding carboxylic acids is 1. The molecule has 9 nitrogen and oxygen atoms in total. The smallest absolute Gasteiger partial charge is 0.279 e. The van der Waals surface area contributed by atoms with Crippen LogP contribution in [0.2, 0.25) is 0 Å². The fourth-order valence-electron chi connectivity index (χ4n) is 3.00. The molecule has 2 unspecified atom stereocenters. The number of pyridine rings is 1. The van der Waals surface area contributed by atoms with Gasteiger partial charge in [0.25, 0.3) is 5.91 Å². The van der Waals surface area contributed by atoms with Crippen LogP contribution in [0.15, 0.2) is 53.6 Å². The second-order valence-corrected chi connectivity index (χ2v) is 8.45. The van der Waals surface area contributed by atoms with Crippen LogP contribution in [0.25, 0.3) is 0 Å². The maximum atomic E-state index is 13.0. The molecule has 1 aliphatic heterocycles. The zero-order chi connectivity index (χ0) is 20.2. The largest absolute Gasteiger partial charge is 0.487 e. The van der Waals surface area contributed by atoms with E-state index < -0.39 is 33.2 Å². The van der Waals surface area contributed by atoms with E-state index >= 15 is 0 Å². The van der Waals surface area contributed by atoms with Crippen LogP contribution >= 0.6 is 0 Å². The van der Waals surface area contributed by atoms with Gasteiger partial charge in [0, 0.05) is 12.8 Å². The quantitative estimate of drug-likeness (QED) is 0.463. The first-order valence-electron chi connectivity index (χ1n) is 8.49. The third-order valence-corrected chi connectivity index (χ3v) is 6.82. The van der Waals surface area contributed by atoms with Crippen LogP contribution in [0.3, 0.4) is 0 Å². The van der Waals surface area contributed by atoms with Gasteiger partial charge in [-0.2, -0.15) is 0 Å². The number of hydrogen-bond donors (Lipinski definition) is 3. The minimum atomic E-state index is -4.08. The molecule has 0 aliphatic carbocycles. The Labute approximate surface area is 161 Å². The molecule has 1 amide bonds. The predicted molar refractivity (Wildman–Crippen MR) is 96.3 cm³/mol. The van der Waals surface area contributed by atoms with Gasteiger partial charge in [-0.15, -0.1) is 0 Å². The maximum Gasteiger partial charge on any atom is 0.279 e. The van der Waals surface area contributed by atoms with Crippen LogP contribution in [-0.4, -0.2) is 53.7 Å². The number of aromatic nitrogens is 1. The Morgan fingerprint density at radius 1 is 1.29 bits per heavy atom. The summed E-state index contributed by atoms with van der Waals surface area (Å²) in [6.45, 7) is -0.242. The molecule has 0 saturated carbocycles. The van der Waals surface area contributed by atoms with Gasteiger partial charge in [-0.1, -0.05) is 6.07 Å². The second-order valence-electron chi connectivity index (χ2n) is 6.32. The highest BCUT2D eigenvalue weighted by atomic mass is 32.2. The van der Waals surface area contributed by atoms with Gasteiger partial charge >= 0.3 is 0 Å². The monoisotopic (exact) mass is 408 g/mol. The van der Waals surface area contributed by atoms with Gasteiger partial charge in [-0.05, 0) is 42.8 Å². The normalized spacial score (nSPS) is 22.4. The van der Waals surface area contributed by atoms with E-state index in [1.54, 1.807) is 18.3 Å². The molecule has 0 bridgehead atoms. The second kappa shape index (κ2) is 8.23. The number of benzene rings is 1. The van der Waals surface area contributed by atoms with E-state index in [1.165, 1.54) is 29.7 Å². The van der Waals surface area contributed by atoms with Crippen molar-refractivity contribution >= 4 is 15.7 Å². The lowest BCUT2D eigenvalue weighted by atomic mass is 9.95. The molecule has 0 radical (unpaired) electrons. The average molecular weight is 408 g/mol. The summed E-state index contributed by atoms with van der Waals surface area (Å²) >= 11 is 0. The first-order valence-corrected chi connectivity index (χ1v) is 10.0. The van der Waals surface area contributed by atoms with Gasteiger partial charge in [0.05, 0.1) is 17.2 Å². The molecule has 3 rings (SSSR count). The van der Waals surface area contributed by atoms with Crippen molar-refractivity contribution in [1.82, 2.24) is 10.5 Å². The van der Waals surface area contributed by atoms with E-state index in [0.717, 1.165) is 5.69 Å². The molecule has 3 N–H and O–H groups in total. The van der Waals surface area contributed by atoms with Crippen molar-refractivity contribution in [2.45, 2.75) is 28.8 Å². The topological polar surface area (TPSA) is 135 Å². The molecule has 2 aromatic rings. The van der Waals surface area contributed by atoms with Crippen LogP contribution in [0.4, 0.5) is 0 Å². The maximum absolute atomic E-state index is 13.0. The summed E-state index contributed by atoms with van der Waals surface area (Å²) in [7, 11) is -4.08. The molecule has 2 heterocycles. The van der Waals surface area contributed by atoms with Gasteiger partial charge in [0.2, 0.25) is 0 Å². The lowest BCUT2D eigenvalue weighted by Gasteiger charge is -2.36. The van der Waals surface area contributed by atoms with E-state index in [9.17, 15) is 18.3 Å². The van der Waals surface area contributed by atoms with E-state index in [1.807, 2.05) is 6.07 Å². The number of nitrogens with zero attached hydrogens (tertiary/aromatic N) is 1. The number of carbonyl (C=O) groups is 1. The zero-order valence-corrected chi connectivity index (χ0v) is 15.6. The summed E-state index contributed by atoms with van der Waals surface area (Å²) in [6, 6.07) is 11.1. The van der Waals surface area contributed by atoms with Crippen molar-refractivity contribution in [2.24, 2.45) is 0 Å². The van der Waals surface area contributed by atoms with Gasteiger partial charge in [0.15, 0.2) is 15.4 Å². The molecule has 10 heteroatoms. The third-order valence-electron chi connectivity index (χ3n) is 4.51. The van der Waals surface area contributed by atoms with Crippen molar-refractivity contribution in [3.05, 3.63) is 54.4 Å². The summed E-state index contributed by atoms with van der Waals surface area (Å²) < 4.78 is 36.6. The van der Waals surface area contributed by atoms with Crippen LogP contribution in [0, 0.1) is 0 Å². The lowest BCUT2D eigenvalue weighted by Crippen LogP contribution is -2.62. The fraction of sp³-hybridized carbons (Fsp3) is 0.333. The predicted octanol–water partition coefficient (Wildman–Crippen LogP) is 0.460. The molecule has 1 aromatic heterocycles. The Morgan fingerprint density at radius 3 is 2.68 bits per heavy atom.